The Kier molecular flexibility index (Phi) is 3.77. The van der Waals surface area contributed by atoms with Crippen LogP contribution in [0.2, 0.25) is 0 Å². The molecule has 1 amide bonds. The molecule has 0 saturated heterocycles. The fraction of sp³-hybridized carbons (Fsp3) is 0.533. The Balaban J connectivity index is 1.72. The molecule has 3 rings (SSSR count). The molecule has 0 bridgehead atoms. The van der Waals surface area contributed by atoms with Gasteiger partial charge in [0.2, 0.25) is 5.78 Å². The summed E-state index contributed by atoms with van der Waals surface area (Å²) in [5.41, 5.74) is 9.00. The quantitative estimate of drug-likeness (QED) is 0.729. The number of hydrogen-bond acceptors (Lipinski definition) is 4. The normalized spacial score (nSPS) is 21.8. The van der Waals surface area contributed by atoms with Gasteiger partial charge in [-0.1, -0.05) is 0 Å². The highest BCUT2D eigenvalue weighted by Gasteiger charge is 2.28. The SMILES string of the molecule is NC1=C(C(=O)C(=O)N[C@@H]2CCCc3[nH]ncc32)CCCC1. The minimum Gasteiger partial charge on any atom is -0.402 e. The third-order valence-corrected chi connectivity index (χ3v) is 4.34. The Labute approximate surface area is 123 Å². The van der Waals surface area contributed by atoms with Crippen molar-refractivity contribution in [2.24, 2.45) is 5.73 Å². The molecule has 2 aliphatic rings. The van der Waals surface area contributed by atoms with Crippen molar-refractivity contribution in [2.75, 3.05) is 0 Å². The Morgan fingerprint density at radius 2 is 2.05 bits per heavy atom. The summed E-state index contributed by atoms with van der Waals surface area (Å²) in [7, 11) is 0. The fourth-order valence-corrected chi connectivity index (χ4v) is 3.16. The molecule has 1 heterocycles. The molecule has 6 heteroatoms. The van der Waals surface area contributed by atoms with Crippen molar-refractivity contribution in [1.29, 1.82) is 0 Å². The molecule has 1 atom stereocenters. The number of carbonyl (C=O) groups is 2. The molecule has 1 aromatic heterocycles. The first-order valence-corrected chi connectivity index (χ1v) is 7.51. The molecule has 2 aliphatic carbocycles. The third kappa shape index (κ3) is 2.70. The Morgan fingerprint density at radius 1 is 1.24 bits per heavy atom. The van der Waals surface area contributed by atoms with Gasteiger partial charge in [0.05, 0.1) is 12.2 Å². The van der Waals surface area contributed by atoms with Crippen molar-refractivity contribution >= 4 is 11.7 Å². The molecule has 0 unspecified atom stereocenters. The van der Waals surface area contributed by atoms with Gasteiger partial charge in [-0.2, -0.15) is 5.10 Å². The van der Waals surface area contributed by atoms with Gasteiger partial charge in [-0.15, -0.1) is 0 Å². The molecule has 6 nitrogen and oxygen atoms in total. The van der Waals surface area contributed by atoms with Crippen LogP contribution in [-0.2, 0) is 16.0 Å². The second-order valence-corrected chi connectivity index (χ2v) is 5.76. The van der Waals surface area contributed by atoms with Crippen molar-refractivity contribution in [1.82, 2.24) is 15.5 Å². The van der Waals surface area contributed by atoms with Crippen LogP contribution in [0.1, 0.15) is 55.8 Å². The van der Waals surface area contributed by atoms with Crippen LogP contribution in [0.4, 0.5) is 0 Å². The second-order valence-electron chi connectivity index (χ2n) is 5.76. The van der Waals surface area contributed by atoms with Gasteiger partial charge in [-0.25, -0.2) is 0 Å². The lowest BCUT2D eigenvalue weighted by atomic mass is 9.91. The number of nitrogens with two attached hydrogens (primary N) is 1. The zero-order chi connectivity index (χ0) is 14.8. The van der Waals surface area contributed by atoms with E-state index in [0.29, 0.717) is 24.1 Å². The van der Waals surface area contributed by atoms with Crippen LogP contribution in [0.15, 0.2) is 17.5 Å². The molecular formula is C15H20N4O2. The number of H-pyrrole nitrogens is 1. The van der Waals surface area contributed by atoms with Gasteiger partial charge in [-0.3, -0.25) is 14.7 Å². The molecule has 4 N–H and O–H groups in total. The molecule has 0 spiro atoms. The van der Waals surface area contributed by atoms with E-state index < -0.39 is 11.7 Å². The van der Waals surface area contributed by atoms with Gasteiger partial charge in [-0.05, 0) is 44.9 Å². The predicted octanol–water partition coefficient (Wildman–Crippen LogP) is 1.26. The molecule has 0 saturated carbocycles. The van der Waals surface area contributed by atoms with Crippen molar-refractivity contribution in [3.05, 3.63) is 28.7 Å². The average molecular weight is 288 g/mol. The number of Topliss-reactive ketones (excluding diaryl/α,β-unsaturated/α-hetero) is 1. The average Bonchev–Trinajstić information content (AvgIpc) is 2.96. The summed E-state index contributed by atoms with van der Waals surface area (Å²) in [5, 5.41) is 9.80. The predicted molar refractivity (Wildman–Crippen MR) is 77.1 cm³/mol. The highest BCUT2D eigenvalue weighted by molar-refractivity contribution is 6.42. The molecule has 0 fully saturated rings. The van der Waals surface area contributed by atoms with Gasteiger partial charge < -0.3 is 11.1 Å². The number of rotatable bonds is 3. The number of ketones is 1. The largest absolute Gasteiger partial charge is 0.402 e. The number of aryl methyl sites for hydroxylation is 1. The van der Waals surface area contributed by atoms with Gasteiger partial charge in [0.25, 0.3) is 5.91 Å². The van der Waals surface area contributed by atoms with Crippen molar-refractivity contribution < 1.29 is 9.59 Å². The van der Waals surface area contributed by atoms with Crippen LogP contribution in [0.25, 0.3) is 0 Å². The summed E-state index contributed by atoms with van der Waals surface area (Å²) in [6.45, 7) is 0. The van der Waals surface area contributed by atoms with Gasteiger partial charge >= 0.3 is 0 Å². The van der Waals surface area contributed by atoms with Crippen molar-refractivity contribution in [3.8, 4) is 0 Å². The molecular weight excluding hydrogens is 268 g/mol. The zero-order valence-electron chi connectivity index (χ0n) is 11.9. The van der Waals surface area contributed by atoms with E-state index in [-0.39, 0.29) is 6.04 Å². The van der Waals surface area contributed by atoms with E-state index in [1.54, 1.807) is 6.20 Å². The summed E-state index contributed by atoms with van der Waals surface area (Å²) in [6.07, 6.45) is 7.71. The Hall–Kier alpha value is -2.11. The first-order valence-electron chi connectivity index (χ1n) is 7.51. The number of aromatic nitrogens is 2. The van der Waals surface area contributed by atoms with Crippen LogP contribution < -0.4 is 11.1 Å². The minimum absolute atomic E-state index is 0.130. The highest BCUT2D eigenvalue weighted by atomic mass is 16.2. The van der Waals surface area contributed by atoms with E-state index in [4.69, 9.17) is 5.73 Å². The van der Waals surface area contributed by atoms with Crippen LogP contribution in [0.5, 0.6) is 0 Å². The number of amides is 1. The van der Waals surface area contributed by atoms with Crippen molar-refractivity contribution in [3.63, 3.8) is 0 Å². The van der Waals surface area contributed by atoms with E-state index in [1.165, 1.54) is 0 Å². The number of fused-ring (bicyclic) bond motifs is 1. The summed E-state index contributed by atoms with van der Waals surface area (Å²) >= 11 is 0. The van der Waals surface area contributed by atoms with E-state index >= 15 is 0 Å². The zero-order valence-corrected chi connectivity index (χ0v) is 11.9. The number of allylic oxidation sites excluding steroid dienone is 1. The minimum atomic E-state index is -0.547. The maximum Gasteiger partial charge on any atom is 0.292 e. The first kappa shape index (κ1) is 13.9. The maximum absolute atomic E-state index is 12.3. The standard InChI is InChI=1S/C15H20N4O2/c16-11-5-2-1-4-9(11)14(20)15(21)18-12-6-3-7-13-10(12)8-17-19-13/h8,12H,1-7,16H2,(H,17,19)(H,18,21)/t12-/m1/s1. The molecule has 0 aromatic carbocycles. The van der Waals surface area contributed by atoms with E-state index in [9.17, 15) is 9.59 Å². The topological polar surface area (TPSA) is 101 Å². The number of nitrogens with one attached hydrogen (secondary N) is 2. The second kappa shape index (κ2) is 5.71. The van der Waals surface area contributed by atoms with E-state index in [2.05, 4.69) is 15.5 Å². The lowest BCUT2D eigenvalue weighted by Gasteiger charge is -2.23. The number of nitrogens with zero attached hydrogens (tertiary/aromatic N) is 1. The number of aromatic amines is 1. The lowest BCUT2D eigenvalue weighted by molar-refractivity contribution is -0.136. The van der Waals surface area contributed by atoms with Crippen molar-refractivity contribution in [2.45, 2.75) is 51.0 Å². The molecule has 1 aromatic rings. The van der Waals surface area contributed by atoms with Gasteiger partial charge in [0.15, 0.2) is 0 Å². The van der Waals surface area contributed by atoms with Gasteiger partial charge in [0.1, 0.15) is 0 Å². The molecule has 0 aliphatic heterocycles. The van der Waals surface area contributed by atoms with Crippen LogP contribution in [0.3, 0.4) is 0 Å². The molecule has 112 valence electrons. The fourth-order valence-electron chi connectivity index (χ4n) is 3.16. The van der Waals surface area contributed by atoms with E-state index in [0.717, 1.165) is 43.4 Å². The lowest BCUT2D eigenvalue weighted by Crippen LogP contribution is -2.37. The van der Waals surface area contributed by atoms with Crippen LogP contribution in [0, 0.1) is 0 Å². The summed E-state index contributed by atoms with van der Waals surface area (Å²) in [6, 6.07) is -0.130. The summed E-state index contributed by atoms with van der Waals surface area (Å²) in [4.78, 5) is 24.5. The molecule has 0 radical (unpaired) electrons. The Morgan fingerprint density at radius 3 is 2.86 bits per heavy atom. The molecule has 21 heavy (non-hydrogen) atoms. The van der Waals surface area contributed by atoms with Crippen LogP contribution >= 0.6 is 0 Å². The number of carbonyl (C=O) groups excluding carboxylic acids is 2. The van der Waals surface area contributed by atoms with Crippen LogP contribution in [-0.4, -0.2) is 21.9 Å². The maximum atomic E-state index is 12.3. The van der Waals surface area contributed by atoms with E-state index in [1.807, 2.05) is 0 Å². The third-order valence-electron chi connectivity index (χ3n) is 4.34. The highest BCUT2D eigenvalue weighted by Crippen LogP contribution is 2.28. The first-order chi connectivity index (χ1) is 10.2. The Bertz CT molecular complexity index is 603. The van der Waals surface area contributed by atoms with Gasteiger partial charge in [0, 0.05) is 22.5 Å². The number of hydrogen-bond donors (Lipinski definition) is 3. The monoisotopic (exact) mass is 288 g/mol. The smallest absolute Gasteiger partial charge is 0.292 e. The summed E-state index contributed by atoms with van der Waals surface area (Å²) in [5.74, 6) is -1.02. The summed E-state index contributed by atoms with van der Waals surface area (Å²) < 4.78 is 0.